The van der Waals surface area contributed by atoms with Gasteiger partial charge in [-0.1, -0.05) is 67.0 Å². The van der Waals surface area contributed by atoms with E-state index in [2.05, 4.69) is 46.0 Å². The Labute approximate surface area is 264 Å². The summed E-state index contributed by atoms with van der Waals surface area (Å²) in [6, 6.07) is 19.8. The number of carbonyl (C=O) groups is 1. The summed E-state index contributed by atoms with van der Waals surface area (Å²) in [7, 11) is 0. The third-order valence-corrected chi connectivity index (χ3v) is 8.87. The molecule has 0 aliphatic carbocycles. The molecule has 8 nitrogen and oxygen atoms in total. The highest BCUT2D eigenvalue weighted by Crippen LogP contribution is 2.40. The number of benzene rings is 2. The highest BCUT2D eigenvalue weighted by atomic mass is 35.5. The van der Waals surface area contributed by atoms with E-state index in [0.717, 1.165) is 40.8 Å². The molecule has 1 aliphatic rings. The topological polar surface area (TPSA) is 118 Å². The van der Waals surface area contributed by atoms with Crippen LogP contribution in [-0.2, 0) is 17.6 Å². The molecule has 1 fully saturated rings. The Morgan fingerprint density at radius 1 is 1.09 bits per heavy atom. The molecule has 0 bridgehead atoms. The summed E-state index contributed by atoms with van der Waals surface area (Å²) < 4.78 is 5.60. The number of carboxylic acids is 1. The highest BCUT2D eigenvalue weighted by molar-refractivity contribution is 6.31. The maximum Gasteiger partial charge on any atom is 0.310 e. The van der Waals surface area contributed by atoms with Gasteiger partial charge in [-0.2, -0.15) is 4.98 Å². The first-order valence-electron chi connectivity index (χ1n) is 15.3. The minimum absolute atomic E-state index is 0.0398. The number of pyridine rings is 1. The molecule has 1 atom stereocenters. The number of carboxylic acid groups (broad SMARTS) is 1. The highest BCUT2D eigenvalue weighted by Gasteiger charge is 2.43. The van der Waals surface area contributed by atoms with Crippen molar-refractivity contribution in [2.45, 2.75) is 71.4 Å². The minimum Gasteiger partial charge on any atom is -0.481 e. The number of likely N-dealkylation sites (tertiary alicyclic amines) is 1. The van der Waals surface area contributed by atoms with Crippen LogP contribution in [0.25, 0.3) is 22.8 Å². The molecular formula is C35H42ClN5O3. The second kappa shape index (κ2) is 13.2. The lowest BCUT2D eigenvalue weighted by molar-refractivity contribution is -0.152. The average molecular weight is 616 g/mol. The molecule has 2 aromatic heterocycles. The first kappa shape index (κ1) is 31.8. The van der Waals surface area contributed by atoms with E-state index in [0.29, 0.717) is 55.0 Å². The zero-order chi connectivity index (χ0) is 31.5. The van der Waals surface area contributed by atoms with E-state index in [1.165, 1.54) is 0 Å². The van der Waals surface area contributed by atoms with Crippen molar-refractivity contribution in [2.75, 3.05) is 13.1 Å². The Bertz CT molecular complexity index is 1560. The zero-order valence-corrected chi connectivity index (χ0v) is 26.7. The van der Waals surface area contributed by atoms with E-state index in [9.17, 15) is 9.90 Å². The van der Waals surface area contributed by atoms with Crippen LogP contribution < -0.4 is 5.73 Å². The zero-order valence-electron chi connectivity index (χ0n) is 26.0. The predicted octanol–water partition coefficient (Wildman–Crippen LogP) is 7.23. The molecule has 232 valence electrons. The van der Waals surface area contributed by atoms with Crippen LogP contribution in [0, 0.1) is 11.3 Å². The van der Waals surface area contributed by atoms with Crippen LogP contribution in [0.15, 0.2) is 71.4 Å². The SMILES string of the molecule is CC(C)Cc1ccc(-c2nc(-c3ccc(C(CC(C)(C)N)N4CCC(Cc5ccccn5)(C(=O)O)CC4)cc3)no2)cc1Cl. The fourth-order valence-electron chi connectivity index (χ4n) is 6.13. The van der Waals surface area contributed by atoms with Crippen LogP contribution in [0.4, 0.5) is 0 Å². The molecule has 44 heavy (non-hydrogen) atoms. The number of halogens is 1. The lowest BCUT2D eigenvalue weighted by Crippen LogP contribution is -2.48. The fraction of sp³-hybridized carbons (Fsp3) is 0.429. The molecule has 1 saturated heterocycles. The largest absolute Gasteiger partial charge is 0.481 e. The van der Waals surface area contributed by atoms with E-state index in [4.69, 9.17) is 21.9 Å². The van der Waals surface area contributed by atoms with Gasteiger partial charge in [-0.05, 0) is 93.9 Å². The number of nitrogens with two attached hydrogens (primary N) is 1. The summed E-state index contributed by atoms with van der Waals surface area (Å²) in [5.41, 5.74) is 9.97. The maximum absolute atomic E-state index is 12.5. The normalized spacial score (nSPS) is 16.2. The Kier molecular flexibility index (Phi) is 9.53. The summed E-state index contributed by atoms with van der Waals surface area (Å²) in [6.07, 6.45) is 4.89. The van der Waals surface area contributed by atoms with Gasteiger partial charge in [0.05, 0.1) is 5.41 Å². The Morgan fingerprint density at radius 2 is 1.80 bits per heavy atom. The van der Waals surface area contributed by atoms with Gasteiger partial charge in [0.2, 0.25) is 5.82 Å². The molecule has 0 saturated carbocycles. The van der Waals surface area contributed by atoms with Crippen molar-refractivity contribution >= 4 is 17.6 Å². The van der Waals surface area contributed by atoms with E-state index in [1.807, 2.05) is 62.4 Å². The molecule has 3 heterocycles. The third-order valence-electron chi connectivity index (χ3n) is 8.52. The van der Waals surface area contributed by atoms with Crippen LogP contribution in [0.5, 0.6) is 0 Å². The average Bonchev–Trinajstić information content (AvgIpc) is 3.48. The van der Waals surface area contributed by atoms with E-state index in [1.54, 1.807) is 6.20 Å². The molecule has 0 spiro atoms. The van der Waals surface area contributed by atoms with Crippen molar-refractivity contribution in [1.29, 1.82) is 0 Å². The molecule has 1 aliphatic heterocycles. The number of rotatable bonds is 11. The second-order valence-electron chi connectivity index (χ2n) is 13.3. The first-order chi connectivity index (χ1) is 20.9. The summed E-state index contributed by atoms with van der Waals surface area (Å²) in [4.78, 5) is 23.9. The molecule has 5 rings (SSSR count). The van der Waals surface area contributed by atoms with Crippen LogP contribution in [0.3, 0.4) is 0 Å². The fourth-order valence-corrected chi connectivity index (χ4v) is 6.39. The molecule has 0 amide bonds. The number of aliphatic carboxylic acids is 1. The van der Waals surface area contributed by atoms with Gasteiger partial charge in [0.25, 0.3) is 5.89 Å². The predicted molar refractivity (Wildman–Crippen MR) is 173 cm³/mol. The number of aromatic nitrogens is 3. The summed E-state index contributed by atoms with van der Waals surface area (Å²) in [5, 5.41) is 15.2. The number of hydrogen-bond donors (Lipinski definition) is 2. The van der Waals surface area contributed by atoms with Crippen molar-refractivity contribution in [3.63, 3.8) is 0 Å². The van der Waals surface area contributed by atoms with Crippen LogP contribution >= 0.6 is 11.6 Å². The van der Waals surface area contributed by atoms with Crippen molar-refractivity contribution < 1.29 is 14.4 Å². The Balaban J connectivity index is 1.32. The Morgan fingerprint density at radius 3 is 2.39 bits per heavy atom. The minimum atomic E-state index is -0.827. The third kappa shape index (κ3) is 7.54. The molecule has 1 unspecified atom stereocenters. The lowest BCUT2D eigenvalue weighted by atomic mass is 9.74. The standard InChI is InChI=1S/C35H42ClN5O3/c1-23(2)19-26-12-13-27(20-29(26)36)32-39-31(40-44-32)25-10-8-24(9-11-25)30(22-34(3,4)37)41-17-14-35(15-18-41,33(42)43)21-28-7-5-6-16-38-28/h5-13,16,20,23,30H,14-15,17-19,21-22,37H2,1-4H3,(H,42,43). The monoisotopic (exact) mass is 615 g/mol. The van der Waals surface area contributed by atoms with E-state index >= 15 is 0 Å². The first-order valence-corrected chi connectivity index (χ1v) is 15.7. The van der Waals surface area contributed by atoms with Crippen LogP contribution in [0.1, 0.15) is 69.8 Å². The van der Waals surface area contributed by atoms with Gasteiger partial charge in [-0.3, -0.25) is 14.7 Å². The van der Waals surface area contributed by atoms with Crippen molar-refractivity contribution in [2.24, 2.45) is 17.1 Å². The van der Waals surface area contributed by atoms with Crippen molar-refractivity contribution in [3.05, 3.63) is 88.7 Å². The van der Waals surface area contributed by atoms with Gasteiger partial charge in [-0.25, -0.2) is 0 Å². The molecule has 4 aromatic rings. The number of piperidine rings is 1. The van der Waals surface area contributed by atoms with Crippen LogP contribution in [0.2, 0.25) is 5.02 Å². The number of nitrogens with zero attached hydrogens (tertiary/aromatic N) is 4. The van der Waals surface area contributed by atoms with E-state index in [-0.39, 0.29) is 6.04 Å². The second-order valence-corrected chi connectivity index (χ2v) is 13.7. The maximum atomic E-state index is 12.5. The molecule has 9 heteroatoms. The van der Waals surface area contributed by atoms with E-state index < -0.39 is 16.9 Å². The smallest absolute Gasteiger partial charge is 0.310 e. The van der Waals surface area contributed by atoms with Crippen LogP contribution in [-0.4, -0.2) is 49.7 Å². The van der Waals surface area contributed by atoms with Gasteiger partial charge < -0.3 is 15.4 Å². The van der Waals surface area contributed by atoms with Crippen molar-refractivity contribution in [1.82, 2.24) is 20.0 Å². The van der Waals surface area contributed by atoms with Crippen molar-refractivity contribution in [3.8, 4) is 22.8 Å². The molecular weight excluding hydrogens is 574 g/mol. The molecule has 0 radical (unpaired) electrons. The van der Waals surface area contributed by atoms with Gasteiger partial charge in [0.1, 0.15) is 0 Å². The molecule has 3 N–H and O–H groups in total. The molecule has 2 aromatic carbocycles. The van der Waals surface area contributed by atoms with Gasteiger partial charge in [0.15, 0.2) is 0 Å². The van der Waals surface area contributed by atoms with Gasteiger partial charge in [-0.15, -0.1) is 0 Å². The summed E-state index contributed by atoms with van der Waals surface area (Å²) in [6.45, 7) is 9.72. The van der Waals surface area contributed by atoms with Gasteiger partial charge >= 0.3 is 5.97 Å². The number of hydrogen-bond acceptors (Lipinski definition) is 7. The summed E-state index contributed by atoms with van der Waals surface area (Å²) in [5.74, 6) is 0.683. The quantitative estimate of drug-likeness (QED) is 0.181. The van der Waals surface area contributed by atoms with Gasteiger partial charge in [0, 0.05) is 46.0 Å². The summed E-state index contributed by atoms with van der Waals surface area (Å²) >= 11 is 6.54. The lowest BCUT2D eigenvalue weighted by Gasteiger charge is -2.43. The Hall–Kier alpha value is -3.59.